The number of para-hydroxylation sites is 2. The van der Waals surface area contributed by atoms with Crippen LogP contribution in [0, 0.1) is 6.33 Å². The molecular weight excluding hydrogens is 889 g/mol. The summed E-state index contributed by atoms with van der Waals surface area (Å²) in [5.41, 5.74) is -13.8. The van der Waals surface area contributed by atoms with E-state index in [2.05, 4.69) is 11.3 Å². The summed E-state index contributed by atoms with van der Waals surface area (Å²) < 4.78 is 318. The minimum absolute atomic E-state index is 0.0344. The molecule has 2 aliphatic rings. The molecule has 0 fully saturated rings. The van der Waals surface area contributed by atoms with Crippen molar-refractivity contribution in [3.8, 4) is 78.6 Å². The van der Waals surface area contributed by atoms with Crippen LogP contribution in [0.5, 0.6) is 5.75 Å². The summed E-state index contributed by atoms with van der Waals surface area (Å²) in [6.07, 6.45) is -1.65. The quantitative estimate of drug-likeness (QED) is 0.118. The van der Waals surface area contributed by atoms with Crippen molar-refractivity contribution in [1.29, 1.82) is 0 Å². The zero-order valence-corrected chi connectivity index (χ0v) is 38.2. The van der Waals surface area contributed by atoms with E-state index in [0.717, 1.165) is 6.07 Å². The molecule has 1 aliphatic carbocycles. The highest BCUT2D eigenvalue weighted by atomic mass is 16.5. The lowest BCUT2D eigenvalue weighted by molar-refractivity contribution is -0.570. The van der Waals surface area contributed by atoms with Crippen LogP contribution in [-0.4, -0.2) is 20.7 Å². The van der Waals surface area contributed by atoms with E-state index in [-0.39, 0.29) is 66.8 Å². The fraction of sp³-hybridized carbons (Fsp3) is 0.147. The van der Waals surface area contributed by atoms with Crippen molar-refractivity contribution < 1.29 is 55.9 Å². The Morgan fingerprint density at radius 2 is 1.29 bits per heavy atom. The molecule has 13 rings (SSSR count). The summed E-state index contributed by atoms with van der Waals surface area (Å²) in [5.74, 6) is -0.377. The normalized spacial score (nSPS) is 23.5. The summed E-state index contributed by atoms with van der Waals surface area (Å²) in [5, 5.41) is 1.05. The summed E-state index contributed by atoms with van der Waals surface area (Å²) in [4.78, 5) is 4.48. The molecule has 0 atom stereocenters. The van der Waals surface area contributed by atoms with Gasteiger partial charge in [-0.05, 0) is 140 Å². The molecule has 5 nitrogen and oxygen atoms in total. The van der Waals surface area contributed by atoms with Gasteiger partial charge in [0.25, 0.3) is 6.33 Å². The van der Waals surface area contributed by atoms with Gasteiger partial charge in [-0.15, -0.1) is 0 Å². The Morgan fingerprint density at radius 3 is 2.01 bits per heavy atom. The van der Waals surface area contributed by atoms with Crippen LogP contribution in [0.1, 0.15) is 105 Å². The molecule has 0 radical (unpaired) electrons. The minimum Gasteiger partial charge on any atom is -0.490 e. The molecule has 354 valence electrons. The molecule has 4 heterocycles. The predicted octanol–water partition coefficient (Wildman–Crippen LogP) is 14.7. The monoisotopic (exact) mass is 979 g/mol. The number of pyridine rings is 1. The highest BCUT2D eigenvalue weighted by Gasteiger charge is 2.38. The Morgan fingerprint density at radius 1 is 0.644 bits per heavy atom. The zero-order valence-electron chi connectivity index (χ0n) is 72.2. The highest BCUT2D eigenvalue weighted by molar-refractivity contribution is 6.03. The number of hydrogen-bond donors (Lipinski definition) is 0. The Labute approximate surface area is 475 Å². The number of ether oxygens (including phenoxy) is 1. The van der Waals surface area contributed by atoms with Gasteiger partial charge in [-0.1, -0.05) is 191 Å². The van der Waals surface area contributed by atoms with Gasteiger partial charge < -0.3 is 4.74 Å². The largest absolute Gasteiger partial charge is 0.490 e. The van der Waals surface area contributed by atoms with Crippen molar-refractivity contribution in [1.82, 2.24) is 14.1 Å². The van der Waals surface area contributed by atoms with E-state index in [1.165, 1.54) is 74.4 Å². The molecule has 11 aromatic rings. The van der Waals surface area contributed by atoms with Gasteiger partial charge in [0, 0.05) is 38.7 Å². The second kappa shape index (κ2) is 17.3. The first-order valence-electron chi connectivity index (χ1n) is 39.7. The zero-order chi connectivity index (χ0) is 78.7. The van der Waals surface area contributed by atoms with E-state index >= 15 is 0 Å². The van der Waals surface area contributed by atoms with E-state index in [9.17, 15) is 17.8 Å². The standard InChI is InChI=1S/C68H56N4O/c1-6-50-56-31-17-18-34-61(56)72(64-42-59-60(43-69-64)68(4,5)37-36-67(59,2)3)62(50)35-38-73-49-26-19-25-48(41-49)70-44-71-65-51(46-23-11-8-12-24-46)32-20-33-57(65)54-29-15-13-27-52(54)53-28-14-16-30-55(53)58-39-47(40-63(70)66(58)71)45-21-9-7-10-22-45/h6-35,39-43H,36-38H2,1-5H3/i2D3,3D3,4D3,5D3,7D,8D,9D,10D,11D,12D,13D,14D,15D,16D,21D,22D,23D,24D,27D,28D,29D,30D,36D2,37D2. The number of hydrogen-bond acceptors (Lipinski definition) is 2. The van der Waals surface area contributed by atoms with Gasteiger partial charge in [-0.25, -0.2) is 4.98 Å². The van der Waals surface area contributed by atoms with Crippen LogP contribution in [0.25, 0.3) is 107 Å². The Kier molecular flexibility index (Phi) is 5.06. The third kappa shape index (κ3) is 7.36. The van der Waals surface area contributed by atoms with Crippen molar-refractivity contribution in [2.45, 2.75) is 57.9 Å². The molecule has 0 unspecified atom stereocenters. The average Bonchev–Trinajstić information content (AvgIpc) is 0.841. The average molecular weight is 979 g/mol. The maximum Gasteiger partial charge on any atom is 0.269 e. The van der Waals surface area contributed by atoms with Crippen molar-refractivity contribution in [3.05, 3.63) is 228 Å². The van der Waals surface area contributed by atoms with Crippen LogP contribution in [0.15, 0.2) is 200 Å². The molecule has 73 heavy (non-hydrogen) atoms. The van der Waals surface area contributed by atoms with Crippen LogP contribution in [0.2, 0.25) is 0 Å². The number of benzene rings is 8. The van der Waals surface area contributed by atoms with Crippen molar-refractivity contribution >= 4 is 34.1 Å². The fourth-order valence-corrected chi connectivity index (χ4v) is 9.76. The Hall–Kier alpha value is -8.54. The molecule has 8 aromatic carbocycles. The highest BCUT2D eigenvalue weighted by Crippen LogP contribution is 2.48. The van der Waals surface area contributed by atoms with Gasteiger partial charge in [0.15, 0.2) is 0 Å². The van der Waals surface area contributed by atoms with E-state index in [0.29, 0.717) is 16.8 Å². The number of rotatable bonds is 7. The van der Waals surface area contributed by atoms with Crippen LogP contribution < -0.4 is 19.9 Å². The van der Waals surface area contributed by atoms with Crippen LogP contribution in [-0.2, 0) is 10.8 Å². The molecule has 0 spiro atoms. The lowest BCUT2D eigenvalue weighted by atomic mass is 9.64. The van der Waals surface area contributed by atoms with Gasteiger partial charge in [0.2, 0.25) is 0 Å². The lowest BCUT2D eigenvalue weighted by Crippen LogP contribution is -2.35. The molecule has 0 amide bonds. The summed E-state index contributed by atoms with van der Waals surface area (Å²) in [7, 11) is 0. The van der Waals surface area contributed by atoms with Gasteiger partial charge >= 0.3 is 0 Å². The van der Waals surface area contributed by atoms with E-state index in [4.69, 9.17) is 33.5 Å². The maximum absolute atomic E-state index is 9.85. The molecule has 3 aromatic heterocycles. The number of aromatic nitrogens is 4. The lowest BCUT2D eigenvalue weighted by Gasteiger charge is -2.41. The van der Waals surface area contributed by atoms with Gasteiger partial charge in [-0.3, -0.25) is 13.7 Å². The molecule has 0 bridgehead atoms. The molecule has 0 saturated carbocycles. The molecule has 0 saturated heterocycles. The smallest absolute Gasteiger partial charge is 0.269 e. The van der Waals surface area contributed by atoms with Crippen molar-refractivity contribution in [2.24, 2.45) is 0 Å². The first-order valence-corrected chi connectivity index (χ1v) is 22.7. The SMILES string of the molecule is [2H]c1c([2H])c([2H])c(-c2cc3c4c(c2)n(-c2cccc(OCC=c5c(=CC)c6ccccc6n5-c5cc6c(cn5)C(C([2H])([2H])[2H])(C([2H])([2H])[2H])C([2H])([2H])C([2H])([2H])C6(C([2H])([2H])[2H])C([2H])([2H])[2H])c2)[c-][n+]4-c2c(-c4c([2H])c([2H])c([2H])c([2H])c4[2H])cccc2-c2c([2H])c([2H])c([2H])c([2H])c2-c2c([2H])c([2H])c([2H])c([2H])c2-3)c([2H])c1[2H]. The Bertz CT molecular complexity index is 5780. The number of fused-ring (bicyclic) bond motifs is 9. The second-order valence-electron chi connectivity index (χ2n) is 17.2. The van der Waals surface area contributed by atoms with Crippen LogP contribution >= 0.6 is 0 Å². The molecule has 5 heteroatoms. The predicted molar refractivity (Wildman–Crippen MR) is 300 cm³/mol. The number of imidazole rings is 1. The van der Waals surface area contributed by atoms with Crippen LogP contribution in [0.3, 0.4) is 0 Å². The van der Waals surface area contributed by atoms with E-state index < -0.39 is 211 Å². The molecule has 0 N–H and O–H groups in total. The topological polar surface area (TPSA) is 35.9 Å². The minimum atomic E-state index is -4.35. The third-order valence-corrected chi connectivity index (χ3v) is 12.9. The molecular formula is C68H56N4O. The van der Waals surface area contributed by atoms with Gasteiger partial charge in [-0.2, -0.15) is 0 Å². The van der Waals surface area contributed by atoms with Crippen molar-refractivity contribution in [2.75, 3.05) is 6.61 Å². The van der Waals surface area contributed by atoms with Crippen molar-refractivity contribution in [3.63, 3.8) is 0 Å². The van der Waals surface area contributed by atoms with Gasteiger partial charge in [0.1, 0.15) is 18.2 Å². The fourth-order valence-electron chi connectivity index (χ4n) is 9.76. The summed E-state index contributed by atoms with van der Waals surface area (Å²) in [6, 6.07) is 6.06. The molecule has 1 aliphatic heterocycles. The number of nitrogens with zero attached hydrogens (tertiary/aromatic N) is 4. The third-order valence-electron chi connectivity index (χ3n) is 12.9. The Balaban J connectivity index is 1.10. The van der Waals surface area contributed by atoms with E-state index in [1.54, 1.807) is 37.3 Å². The second-order valence-corrected chi connectivity index (χ2v) is 17.2. The summed E-state index contributed by atoms with van der Waals surface area (Å²) >= 11 is 0. The van der Waals surface area contributed by atoms with Gasteiger partial charge in [0.05, 0.1) is 57.9 Å². The first kappa shape index (κ1) is 21.3. The maximum atomic E-state index is 9.85. The first-order chi connectivity index (χ1) is 49.7. The van der Waals surface area contributed by atoms with Crippen LogP contribution in [0.4, 0.5) is 0 Å². The summed E-state index contributed by atoms with van der Waals surface area (Å²) in [6.45, 7) is -15.0. The van der Waals surface area contributed by atoms with E-state index in [1.807, 2.05) is 0 Å².